The molecule has 1 aromatic heterocycles. The molecule has 0 unspecified atom stereocenters. The summed E-state index contributed by atoms with van der Waals surface area (Å²) in [7, 11) is 0. The molecule has 2 aromatic rings. The molecule has 91 valence electrons. The van der Waals surface area contributed by atoms with Gasteiger partial charge in [-0.25, -0.2) is 0 Å². The quantitative estimate of drug-likeness (QED) is 0.677. The first-order valence-electron chi connectivity index (χ1n) is 5.36. The van der Waals surface area contributed by atoms with Gasteiger partial charge in [0.2, 0.25) is 0 Å². The number of aromatic amines is 2. The van der Waals surface area contributed by atoms with Gasteiger partial charge in [-0.1, -0.05) is 0 Å². The maximum Gasteiger partial charge on any atom is 0.314 e. The number of nitrogens with one attached hydrogen (secondary N) is 3. The number of nitrogens with zero attached hydrogens (tertiary/aromatic N) is 1. The van der Waals surface area contributed by atoms with E-state index in [2.05, 4.69) is 15.3 Å². The zero-order chi connectivity index (χ0) is 13.1. The fourth-order valence-electron chi connectivity index (χ4n) is 1.71. The predicted octanol–water partition coefficient (Wildman–Crippen LogP) is 0.359. The van der Waals surface area contributed by atoms with Crippen molar-refractivity contribution in [2.45, 2.75) is 13.5 Å². The van der Waals surface area contributed by atoms with Gasteiger partial charge in [0.05, 0.1) is 22.7 Å². The number of benzene rings is 1. The first kappa shape index (κ1) is 12.1. The van der Waals surface area contributed by atoms with Crippen LogP contribution < -0.4 is 16.4 Å². The number of aromatic nitrogens is 2. The normalized spacial score (nSPS) is 10.4. The summed E-state index contributed by atoms with van der Waals surface area (Å²) in [6, 6.07) is 5.23. The summed E-state index contributed by atoms with van der Waals surface area (Å²) in [5.74, 6) is 0. The lowest BCUT2D eigenvalue weighted by molar-refractivity contribution is 0.807. The Balaban J connectivity index is 2.73. The molecule has 1 heterocycles. The maximum atomic E-state index is 11.3. The van der Waals surface area contributed by atoms with E-state index in [1.807, 2.05) is 13.0 Å². The first-order valence-corrected chi connectivity index (χ1v) is 5.36. The van der Waals surface area contributed by atoms with Gasteiger partial charge in [0, 0.05) is 13.1 Å². The average Bonchev–Trinajstić information content (AvgIpc) is 2.37. The van der Waals surface area contributed by atoms with Gasteiger partial charge in [0.25, 0.3) is 0 Å². The van der Waals surface area contributed by atoms with Gasteiger partial charge in [-0.2, -0.15) is 5.26 Å². The van der Waals surface area contributed by atoms with Crippen molar-refractivity contribution in [3.05, 3.63) is 50.5 Å². The molecule has 0 spiro atoms. The Morgan fingerprint density at radius 2 is 2.06 bits per heavy atom. The van der Waals surface area contributed by atoms with Gasteiger partial charge >= 0.3 is 11.1 Å². The zero-order valence-corrected chi connectivity index (χ0v) is 9.70. The lowest BCUT2D eigenvalue weighted by Crippen LogP contribution is -2.29. The van der Waals surface area contributed by atoms with Crippen LogP contribution in [0.3, 0.4) is 0 Å². The molecule has 1 aromatic carbocycles. The highest BCUT2D eigenvalue weighted by Gasteiger charge is 2.07. The van der Waals surface area contributed by atoms with Crippen molar-refractivity contribution in [2.75, 3.05) is 0 Å². The van der Waals surface area contributed by atoms with Crippen LogP contribution in [0.1, 0.15) is 18.1 Å². The summed E-state index contributed by atoms with van der Waals surface area (Å²) in [4.78, 5) is 27.6. The summed E-state index contributed by atoms with van der Waals surface area (Å²) in [6.07, 6.45) is 0. The molecule has 0 saturated heterocycles. The van der Waals surface area contributed by atoms with Crippen molar-refractivity contribution in [1.82, 2.24) is 15.3 Å². The van der Waals surface area contributed by atoms with E-state index in [4.69, 9.17) is 5.26 Å². The maximum absolute atomic E-state index is 11.3. The third-order valence-corrected chi connectivity index (χ3v) is 2.54. The third-order valence-electron chi connectivity index (χ3n) is 2.54. The Kier molecular flexibility index (Phi) is 3.26. The topological polar surface area (TPSA) is 102 Å². The van der Waals surface area contributed by atoms with Crippen LogP contribution in [0.4, 0.5) is 0 Å². The summed E-state index contributed by atoms with van der Waals surface area (Å²) < 4.78 is 0. The van der Waals surface area contributed by atoms with E-state index in [-0.39, 0.29) is 0 Å². The summed E-state index contributed by atoms with van der Waals surface area (Å²) in [5.41, 5.74) is 0.737. The standard InChI is InChI=1S/C12H11N4O2/c1-2-14-6-8-3-7(5-13)4-9-10(8)16-12(18)11(17)15-9/h2-4,14H,6H2,1H3,(H,15,17)(H,16,18). The first-order chi connectivity index (χ1) is 8.65. The largest absolute Gasteiger partial charge is 0.316 e. The molecule has 3 N–H and O–H groups in total. The van der Waals surface area contributed by atoms with Crippen LogP contribution in [0, 0.1) is 17.9 Å². The van der Waals surface area contributed by atoms with Crippen molar-refractivity contribution < 1.29 is 0 Å². The second-order valence-corrected chi connectivity index (χ2v) is 3.75. The molecule has 0 saturated carbocycles. The van der Waals surface area contributed by atoms with Crippen LogP contribution in [-0.2, 0) is 6.54 Å². The van der Waals surface area contributed by atoms with E-state index in [0.29, 0.717) is 23.1 Å². The lowest BCUT2D eigenvalue weighted by atomic mass is 10.1. The number of hydrogen-bond donors (Lipinski definition) is 3. The molecule has 2 rings (SSSR count). The van der Waals surface area contributed by atoms with Crippen LogP contribution in [0.15, 0.2) is 21.7 Å². The minimum Gasteiger partial charge on any atom is -0.316 e. The van der Waals surface area contributed by atoms with Crippen LogP contribution in [0.25, 0.3) is 11.0 Å². The van der Waals surface area contributed by atoms with Gasteiger partial charge in [-0.05, 0) is 24.6 Å². The molecular weight excluding hydrogens is 232 g/mol. The zero-order valence-electron chi connectivity index (χ0n) is 9.70. The molecule has 0 amide bonds. The minimum atomic E-state index is -0.724. The van der Waals surface area contributed by atoms with E-state index < -0.39 is 11.1 Å². The van der Waals surface area contributed by atoms with E-state index >= 15 is 0 Å². The average molecular weight is 243 g/mol. The smallest absolute Gasteiger partial charge is 0.314 e. The SMILES string of the molecule is C[CH]NCc1cc(C#N)cc2[nH]c(=O)c(=O)[nH]c12. The van der Waals surface area contributed by atoms with Crippen LogP contribution in [-0.4, -0.2) is 9.97 Å². The number of rotatable bonds is 3. The summed E-state index contributed by atoms with van der Waals surface area (Å²) in [6.45, 7) is 4.06. The molecule has 0 fully saturated rings. The molecule has 18 heavy (non-hydrogen) atoms. The van der Waals surface area contributed by atoms with E-state index in [9.17, 15) is 9.59 Å². The van der Waals surface area contributed by atoms with Crippen molar-refractivity contribution in [3.8, 4) is 6.07 Å². The minimum absolute atomic E-state index is 0.429. The molecule has 0 aliphatic heterocycles. The number of hydrogen-bond acceptors (Lipinski definition) is 4. The Bertz CT molecular complexity index is 736. The third kappa shape index (κ3) is 2.17. The molecule has 1 radical (unpaired) electrons. The molecule has 0 atom stereocenters. The lowest BCUT2D eigenvalue weighted by Gasteiger charge is -2.07. The van der Waals surface area contributed by atoms with Gasteiger partial charge in [-0.3, -0.25) is 9.59 Å². The summed E-state index contributed by atoms with van der Waals surface area (Å²) >= 11 is 0. The fourth-order valence-corrected chi connectivity index (χ4v) is 1.71. The van der Waals surface area contributed by atoms with Crippen LogP contribution in [0.2, 0.25) is 0 Å². The second-order valence-electron chi connectivity index (χ2n) is 3.75. The van der Waals surface area contributed by atoms with Crippen LogP contribution >= 0.6 is 0 Å². The van der Waals surface area contributed by atoms with Crippen molar-refractivity contribution in [1.29, 1.82) is 5.26 Å². The molecule has 6 heteroatoms. The van der Waals surface area contributed by atoms with Crippen molar-refractivity contribution in [3.63, 3.8) is 0 Å². The molecular formula is C12H11N4O2. The van der Waals surface area contributed by atoms with Crippen LogP contribution in [0.5, 0.6) is 0 Å². The van der Waals surface area contributed by atoms with Gasteiger partial charge in [0.1, 0.15) is 0 Å². The number of fused-ring (bicyclic) bond motifs is 1. The second kappa shape index (κ2) is 4.85. The molecule has 6 nitrogen and oxygen atoms in total. The Hall–Kier alpha value is -2.39. The highest BCUT2D eigenvalue weighted by atomic mass is 16.2. The van der Waals surface area contributed by atoms with E-state index in [1.165, 1.54) is 6.07 Å². The van der Waals surface area contributed by atoms with Crippen molar-refractivity contribution in [2.24, 2.45) is 0 Å². The van der Waals surface area contributed by atoms with E-state index in [0.717, 1.165) is 5.56 Å². The highest BCUT2D eigenvalue weighted by molar-refractivity contribution is 5.79. The van der Waals surface area contributed by atoms with Crippen molar-refractivity contribution >= 4 is 11.0 Å². The fraction of sp³-hybridized carbons (Fsp3) is 0.167. The molecule has 0 bridgehead atoms. The van der Waals surface area contributed by atoms with Gasteiger partial charge in [-0.15, -0.1) is 0 Å². The van der Waals surface area contributed by atoms with Gasteiger partial charge < -0.3 is 15.3 Å². The molecule has 0 aliphatic rings. The van der Waals surface area contributed by atoms with E-state index in [1.54, 1.807) is 12.6 Å². The summed E-state index contributed by atoms with van der Waals surface area (Å²) in [5, 5.41) is 11.9. The number of H-pyrrole nitrogens is 2. The Morgan fingerprint density at radius 1 is 1.33 bits per heavy atom. The number of nitriles is 1. The highest BCUT2D eigenvalue weighted by Crippen LogP contribution is 2.15. The Morgan fingerprint density at radius 3 is 2.72 bits per heavy atom. The Labute approximate surface area is 102 Å². The monoisotopic (exact) mass is 243 g/mol. The van der Waals surface area contributed by atoms with Gasteiger partial charge in [0.15, 0.2) is 0 Å². The molecule has 0 aliphatic carbocycles. The predicted molar refractivity (Wildman–Crippen MR) is 66.7 cm³/mol.